The second kappa shape index (κ2) is 6.93. The number of ether oxygens (including phenoxy) is 2. The highest BCUT2D eigenvalue weighted by Gasteiger charge is 2.27. The van der Waals surface area contributed by atoms with Crippen LogP contribution < -0.4 is 0 Å². The monoisotopic (exact) mass is 281 g/mol. The summed E-state index contributed by atoms with van der Waals surface area (Å²) in [5, 5.41) is 0. The molecule has 4 nitrogen and oxygen atoms in total. The zero-order chi connectivity index (χ0) is 13.7. The summed E-state index contributed by atoms with van der Waals surface area (Å²) in [5.74, 6) is -0.289. The number of hydrogen-bond donors (Lipinski definition) is 0. The van der Waals surface area contributed by atoms with Crippen molar-refractivity contribution >= 4 is 17.7 Å². The molecule has 0 amide bonds. The zero-order valence-corrected chi connectivity index (χ0v) is 12.1. The van der Waals surface area contributed by atoms with E-state index in [0.717, 1.165) is 13.1 Å². The molecule has 1 aliphatic heterocycles. The van der Waals surface area contributed by atoms with Gasteiger partial charge in [0.1, 0.15) is 0 Å². The lowest BCUT2D eigenvalue weighted by Crippen LogP contribution is -2.46. The molecule has 1 saturated heterocycles. The Bertz CT molecular complexity index is 421. The summed E-state index contributed by atoms with van der Waals surface area (Å²) in [5.41, 5.74) is 1.25. The zero-order valence-electron chi connectivity index (χ0n) is 11.3. The molecular formula is C14H19NO3S. The van der Waals surface area contributed by atoms with Gasteiger partial charge in [0.05, 0.1) is 13.7 Å². The number of benzene rings is 1. The molecule has 0 radical (unpaired) electrons. The summed E-state index contributed by atoms with van der Waals surface area (Å²) in [6, 6.07) is 8.51. The van der Waals surface area contributed by atoms with Crippen LogP contribution in [-0.2, 0) is 20.8 Å². The largest absolute Gasteiger partial charge is 0.467 e. The van der Waals surface area contributed by atoms with Crippen LogP contribution in [0.4, 0.5) is 0 Å². The first-order chi connectivity index (χ1) is 9.22. The number of methoxy groups -OCH3 is 1. The molecule has 1 unspecified atom stereocenters. The topological polar surface area (TPSA) is 38.8 Å². The van der Waals surface area contributed by atoms with Gasteiger partial charge in [0.2, 0.25) is 0 Å². The first kappa shape index (κ1) is 14.4. The van der Waals surface area contributed by atoms with Crippen LogP contribution in [0.25, 0.3) is 0 Å². The first-order valence-corrected chi connectivity index (χ1v) is 7.50. The highest BCUT2D eigenvalue weighted by atomic mass is 32.2. The number of morpholine rings is 1. The third kappa shape index (κ3) is 3.96. The van der Waals surface area contributed by atoms with Gasteiger partial charge in [0, 0.05) is 24.5 Å². The van der Waals surface area contributed by atoms with Crippen molar-refractivity contribution in [1.82, 2.24) is 4.90 Å². The Kier molecular flexibility index (Phi) is 5.24. The summed E-state index contributed by atoms with van der Waals surface area (Å²) in [6.45, 7) is 2.85. The summed E-state index contributed by atoms with van der Waals surface area (Å²) in [7, 11) is 1.39. The van der Waals surface area contributed by atoms with Crippen LogP contribution in [0.5, 0.6) is 0 Å². The van der Waals surface area contributed by atoms with Crippen molar-refractivity contribution in [1.29, 1.82) is 0 Å². The minimum atomic E-state index is -0.454. The van der Waals surface area contributed by atoms with Crippen molar-refractivity contribution in [2.75, 3.05) is 33.1 Å². The number of rotatable bonds is 4. The number of esters is 1. The molecule has 0 bridgehead atoms. The van der Waals surface area contributed by atoms with E-state index >= 15 is 0 Å². The Labute approximate surface area is 118 Å². The minimum Gasteiger partial charge on any atom is -0.467 e. The standard InChI is InChI=1S/C14H19NO3S/c1-17-14(16)13-10-15(7-8-18-13)9-11-3-5-12(19-2)6-4-11/h3-6,13H,7-10H2,1-2H3. The van der Waals surface area contributed by atoms with Crippen molar-refractivity contribution in [3.63, 3.8) is 0 Å². The quantitative estimate of drug-likeness (QED) is 0.621. The summed E-state index contributed by atoms with van der Waals surface area (Å²) >= 11 is 1.74. The third-order valence-corrected chi connectivity index (χ3v) is 3.92. The van der Waals surface area contributed by atoms with Gasteiger partial charge in [-0.25, -0.2) is 4.79 Å². The molecule has 1 heterocycles. The molecule has 1 aliphatic rings. The minimum absolute atomic E-state index is 0.289. The summed E-state index contributed by atoms with van der Waals surface area (Å²) in [6.07, 6.45) is 1.61. The molecule has 0 aromatic heterocycles. The molecule has 1 aromatic rings. The molecule has 1 fully saturated rings. The van der Waals surface area contributed by atoms with E-state index in [1.165, 1.54) is 17.6 Å². The van der Waals surface area contributed by atoms with Crippen LogP contribution in [0.2, 0.25) is 0 Å². The number of hydrogen-bond acceptors (Lipinski definition) is 5. The highest BCUT2D eigenvalue weighted by Crippen LogP contribution is 2.17. The van der Waals surface area contributed by atoms with Gasteiger partial charge in [-0.3, -0.25) is 4.90 Å². The van der Waals surface area contributed by atoms with E-state index in [2.05, 4.69) is 35.4 Å². The molecule has 104 valence electrons. The van der Waals surface area contributed by atoms with Gasteiger partial charge in [-0.1, -0.05) is 12.1 Å². The molecule has 0 spiro atoms. The van der Waals surface area contributed by atoms with Crippen LogP contribution in [0, 0.1) is 0 Å². The van der Waals surface area contributed by atoms with Gasteiger partial charge >= 0.3 is 5.97 Å². The fourth-order valence-electron chi connectivity index (χ4n) is 2.11. The number of thioether (sulfide) groups is 1. The SMILES string of the molecule is COC(=O)C1CN(Cc2ccc(SC)cc2)CCO1. The number of carbonyl (C=O) groups is 1. The van der Waals surface area contributed by atoms with E-state index in [9.17, 15) is 4.79 Å². The maximum Gasteiger partial charge on any atom is 0.336 e. The Morgan fingerprint density at radius 2 is 2.21 bits per heavy atom. The van der Waals surface area contributed by atoms with Crippen molar-refractivity contribution in [3.8, 4) is 0 Å². The average Bonchev–Trinajstić information content (AvgIpc) is 2.47. The van der Waals surface area contributed by atoms with Crippen molar-refractivity contribution in [2.24, 2.45) is 0 Å². The van der Waals surface area contributed by atoms with E-state index in [0.29, 0.717) is 13.2 Å². The maximum absolute atomic E-state index is 11.5. The Balaban J connectivity index is 1.92. The lowest BCUT2D eigenvalue weighted by atomic mass is 10.2. The van der Waals surface area contributed by atoms with E-state index in [1.807, 2.05) is 0 Å². The lowest BCUT2D eigenvalue weighted by molar-refractivity contribution is -0.160. The molecule has 1 aromatic carbocycles. The van der Waals surface area contributed by atoms with E-state index in [1.54, 1.807) is 11.8 Å². The van der Waals surface area contributed by atoms with Crippen LogP contribution in [0.1, 0.15) is 5.56 Å². The molecule has 1 atom stereocenters. The number of carbonyl (C=O) groups excluding carboxylic acids is 1. The fraction of sp³-hybridized carbons (Fsp3) is 0.500. The van der Waals surface area contributed by atoms with Gasteiger partial charge in [-0.15, -0.1) is 11.8 Å². The fourth-order valence-corrected chi connectivity index (χ4v) is 2.52. The summed E-state index contributed by atoms with van der Waals surface area (Å²) in [4.78, 5) is 15.0. The maximum atomic E-state index is 11.5. The van der Waals surface area contributed by atoms with E-state index < -0.39 is 6.10 Å². The molecule has 0 aliphatic carbocycles. The third-order valence-electron chi connectivity index (χ3n) is 3.18. The molecule has 19 heavy (non-hydrogen) atoms. The normalized spacial score (nSPS) is 20.2. The summed E-state index contributed by atoms with van der Waals surface area (Å²) < 4.78 is 10.1. The second-order valence-corrected chi connectivity index (χ2v) is 5.35. The van der Waals surface area contributed by atoms with Crippen LogP contribution in [0.15, 0.2) is 29.2 Å². The van der Waals surface area contributed by atoms with Gasteiger partial charge in [0.15, 0.2) is 6.10 Å². The number of nitrogens with zero attached hydrogens (tertiary/aromatic N) is 1. The predicted octanol–water partition coefficient (Wildman–Crippen LogP) is 1.78. The predicted molar refractivity (Wildman–Crippen MR) is 75.3 cm³/mol. The van der Waals surface area contributed by atoms with Crippen LogP contribution >= 0.6 is 11.8 Å². The van der Waals surface area contributed by atoms with Crippen LogP contribution in [-0.4, -0.2) is 50.0 Å². The van der Waals surface area contributed by atoms with Gasteiger partial charge in [-0.2, -0.15) is 0 Å². The van der Waals surface area contributed by atoms with Gasteiger partial charge in [0.25, 0.3) is 0 Å². The van der Waals surface area contributed by atoms with Crippen molar-refractivity contribution < 1.29 is 14.3 Å². The second-order valence-electron chi connectivity index (χ2n) is 4.47. The Morgan fingerprint density at radius 3 is 2.84 bits per heavy atom. The molecular weight excluding hydrogens is 262 g/mol. The van der Waals surface area contributed by atoms with E-state index in [-0.39, 0.29) is 5.97 Å². The average molecular weight is 281 g/mol. The van der Waals surface area contributed by atoms with Crippen molar-refractivity contribution in [3.05, 3.63) is 29.8 Å². The van der Waals surface area contributed by atoms with Gasteiger partial charge in [-0.05, 0) is 24.0 Å². The van der Waals surface area contributed by atoms with Crippen LogP contribution in [0.3, 0.4) is 0 Å². The Morgan fingerprint density at radius 1 is 1.47 bits per heavy atom. The van der Waals surface area contributed by atoms with Gasteiger partial charge < -0.3 is 9.47 Å². The Hall–Kier alpha value is -1.04. The lowest BCUT2D eigenvalue weighted by Gasteiger charge is -2.31. The molecule has 2 rings (SSSR count). The molecule has 0 N–H and O–H groups in total. The first-order valence-electron chi connectivity index (χ1n) is 6.27. The van der Waals surface area contributed by atoms with Crippen molar-refractivity contribution in [2.45, 2.75) is 17.5 Å². The smallest absolute Gasteiger partial charge is 0.336 e. The molecule has 0 saturated carbocycles. The van der Waals surface area contributed by atoms with E-state index in [4.69, 9.17) is 9.47 Å². The molecule has 5 heteroatoms. The highest BCUT2D eigenvalue weighted by molar-refractivity contribution is 7.98.